The van der Waals surface area contributed by atoms with Gasteiger partial charge in [0.15, 0.2) is 0 Å². The number of rotatable bonds is 8. The molecule has 3 aromatic rings. The molecule has 0 aromatic heterocycles. The summed E-state index contributed by atoms with van der Waals surface area (Å²) in [6.07, 6.45) is 8.21. The van der Waals surface area contributed by atoms with Crippen LogP contribution in [0, 0.1) is 12.3 Å². The Morgan fingerprint density at radius 1 is 0.778 bits per heavy atom. The fourth-order valence-corrected chi connectivity index (χ4v) is 3.63. The van der Waals surface area contributed by atoms with Gasteiger partial charge in [-0.2, -0.15) is 0 Å². The van der Waals surface area contributed by atoms with Gasteiger partial charge < -0.3 is 4.74 Å². The van der Waals surface area contributed by atoms with Crippen molar-refractivity contribution in [3.05, 3.63) is 108 Å². The van der Waals surface area contributed by atoms with Crippen molar-refractivity contribution < 1.29 is 4.74 Å². The van der Waals surface area contributed by atoms with E-state index in [2.05, 4.69) is 85.6 Å². The summed E-state index contributed by atoms with van der Waals surface area (Å²) in [6, 6.07) is 31.3. The average molecular weight is 354 g/mol. The highest BCUT2D eigenvalue weighted by atomic mass is 16.5. The van der Waals surface area contributed by atoms with E-state index < -0.39 is 5.60 Å². The van der Waals surface area contributed by atoms with Crippen LogP contribution in [0.4, 0.5) is 0 Å². The highest BCUT2D eigenvalue weighted by molar-refractivity contribution is 5.47. The van der Waals surface area contributed by atoms with Crippen LogP contribution >= 0.6 is 0 Å². The molecule has 0 N–H and O–H groups in total. The minimum atomic E-state index is -0.694. The van der Waals surface area contributed by atoms with Gasteiger partial charge in [-0.1, -0.05) is 104 Å². The van der Waals surface area contributed by atoms with E-state index in [0.717, 1.165) is 29.5 Å². The second kappa shape index (κ2) is 9.21. The maximum absolute atomic E-state index is 6.93. The first-order chi connectivity index (χ1) is 13.3. The number of ether oxygens (including phenoxy) is 1. The lowest BCUT2D eigenvalue weighted by atomic mass is 9.79. The average Bonchev–Trinajstić information content (AvgIpc) is 2.74. The second-order valence-corrected chi connectivity index (χ2v) is 6.72. The van der Waals surface area contributed by atoms with Gasteiger partial charge in [0.2, 0.25) is 0 Å². The summed E-state index contributed by atoms with van der Waals surface area (Å²) in [4.78, 5) is 0. The van der Waals surface area contributed by atoms with Crippen molar-refractivity contribution in [1.29, 1.82) is 0 Å². The monoisotopic (exact) mass is 354 g/mol. The number of hydrogen-bond donors (Lipinski definition) is 0. The molecule has 0 aliphatic carbocycles. The third-order valence-electron chi connectivity index (χ3n) is 4.84. The summed E-state index contributed by atoms with van der Waals surface area (Å²) >= 11 is 0. The van der Waals surface area contributed by atoms with Crippen molar-refractivity contribution in [2.24, 2.45) is 0 Å². The smallest absolute Gasteiger partial charge is 0.144 e. The highest BCUT2D eigenvalue weighted by Crippen LogP contribution is 2.42. The van der Waals surface area contributed by atoms with Crippen LogP contribution in [-0.2, 0) is 10.3 Å². The zero-order valence-corrected chi connectivity index (χ0v) is 15.8. The molecule has 27 heavy (non-hydrogen) atoms. The Hall–Kier alpha value is -2.82. The molecule has 3 rings (SSSR count). The van der Waals surface area contributed by atoms with Gasteiger partial charge in [-0.25, -0.2) is 0 Å². The summed E-state index contributed by atoms with van der Waals surface area (Å²) in [5.74, 6) is 2.80. The quantitative estimate of drug-likeness (QED) is 0.346. The molecule has 3 aromatic carbocycles. The van der Waals surface area contributed by atoms with E-state index in [9.17, 15) is 0 Å². The molecule has 0 heterocycles. The molecule has 136 valence electrons. The topological polar surface area (TPSA) is 9.23 Å². The summed E-state index contributed by atoms with van der Waals surface area (Å²) in [5, 5.41) is 0. The van der Waals surface area contributed by atoms with E-state index in [0.29, 0.717) is 6.42 Å². The molecule has 0 spiro atoms. The first-order valence-corrected chi connectivity index (χ1v) is 9.59. The van der Waals surface area contributed by atoms with Crippen LogP contribution in [0.5, 0.6) is 0 Å². The summed E-state index contributed by atoms with van der Waals surface area (Å²) < 4.78 is 6.93. The lowest BCUT2D eigenvalue weighted by Crippen LogP contribution is -2.37. The Labute approximate surface area is 163 Å². The van der Waals surface area contributed by atoms with Gasteiger partial charge in [-0.05, 0) is 23.1 Å². The van der Waals surface area contributed by atoms with Crippen molar-refractivity contribution >= 4 is 0 Å². The predicted molar refractivity (Wildman–Crippen MR) is 112 cm³/mol. The number of terminal acetylenes is 1. The Bertz CT molecular complexity index is 750. The molecule has 0 aliphatic heterocycles. The molecule has 1 nitrogen and oxygen atoms in total. The van der Waals surface area contributed by atoms with Crippen LogP contribution in [0.25, 0.3) is 0 Å². The zero-order valence-electron chi connectivity index (χ0n) is 15.8. The van der Waals surface area contributed by atoms with Gasteiger partial charge in [0.25, 0.3) is 0 Å². The van der Waals surface area contributed by atoms with Crippen LogP contribution in [0.1, 0.15) is 42.9 Å². The first kappa shape index (κ1) is 19.0. The van der Waals surface area contributed by atoms with Crippen LogP contribution in [0.15, 0.2) is 91.0 Å². The third-order valence-corrected chi connectivity index (χ3v) is 4.84. The SMILES string of the molecule is C#CCC(CCC)OC(c1ccccc1)(c1ccccc1)c1ccccc1. The standard InChI is InChI=1S/C26H26O/c1-3-14-25(15-4-2)27-26(22-16-8-5-9-17-22,23-18-10-6-11-19-23)24-20-12-7-13-21-24/h1,5-13,16-21,25H,4,14-15H2,2H3. The second-order valence-electron chi connectivity index (χ2n) is 6.72. The molecule has 0 fully saturated rings. The van der Waals surface area contributed by atoms with E-state index in [4.69, 9.17) is 11.2 Å². The fourth-order valence-electron chi connectivity index (χ4n) is 3.63. The fraction of sp³-hybridized carbons (Fsp3) is 0.231. The minimum absolute atomic E-state index is 0.0133. The lowest BCUT2D eigenvalue weighted by molar-refractivity contribution is -0.0486. The molecule has 0 radical (unpaired) electrons. The summed E-state index contributed by atoms with van der Waals surface area (Å²) in [5.41, 5.74) is 2.64. The van der Waals surface area contributed by atoms with Crippen molar-refractivity contribution in [3.8, 4) is 12.3 Å². The van der Waals surface area contributed by atoms with Crippen molar-refractivity contribution in [3.63, 3.8) is 0 Å². The molecule has 1 heteroatoms. The molecular weight excluding hydrogens is 328 g/mol. The molecular formula is C26H26O. The van der Waals surface area contributed by atoms with Crippen LogP contribution in [0.3, 0.4) is 0 Å². The van der Waals surface area contributed by atoms with Crippen molar-refractivity contribution in [2.75, 3.05) is 0 Å². The van der Waals surface area contributed by atoms with E-state index in [1.807, 2.05) is 18.2 Å². The molecule has 0 saturated heterocycles. The lowest BCUT2D eigenvalue weighted by Gasteiger charge is -2.38. The molecule has 0 saturated carbocycles. The van der Waals surface area contributed by atoms with E-state index >= 15 is 0 Å². The van der Waals surface area contributed by atoms with Gasteiger partial charge in [-0.3, -0.25) is 0 Å². The maximum atomic E-state index is 6.93. The van der Waals surface area contributed by atoms with Crippen LogP contribution in [0.2, 0.25) is 0 Å². The Morgan fingerprint density at radius 3 is 1.52 bits per heavy atom. The third kappa shape index (κ3) is 4.13. The first-order valence-electron chi connectivity index (χ1n) is 9.59. The van der Waals surface area contributed by atoms with Crippen LogP contribution < -0.4 is 0 Å². The zero-order chi connectivity index (χ0) is 19.0. The Balaban J connectivity index is 2.24. The van der Waals surface area contributed by atoms with Crippen molar-refractivity contribution in [2.45, 2.75) is 37.9 Å². The Kier molecular flexibility index (Phi) is 6.47. The summed E-state index contributed by atoms with van der Waals surface area (Å²) in [7, 11) is 0. The van der Waals surface area contributed by atoms with Gasteiger partial charge in [-0.15, -0.1) is 12.3 Å². The van der Waals surface area contributed by atoms with E-state index in [-0.39, 0.29) is 6.10 Å². The van der Waals surface area contributed by atoms with Gasteiger partial charge in [0, 0.05) is 6.42 Å². The van der Waals surface area contributed by atoms with Crippen molar-refractivity contribution in [1.82, 2.24) is 0 Å². The molecule has 0 bridgehead atoms. The molecule has 1 unspecified atom stereocenters. The van der Waals surface area contributed by atoms with E-state index in [1.54, 1.807) is 0 Å². The summed E-state index contributed by atoms with van der Waals surface area (Å²) in [6.45, 7) is 2.17. The molecule has 0 amide bonds. The minimum Gasteiger partial charge on any atom is -0.357 e. The molecule has 0 aliphatic rings. The van der Waals surface area contributed by atoms with Gasteiger partial charge >= 0.3 is 0 Å². The van der Waals surface area contributed by atoms with Gasteiger partial charge in [0.05, 0.1) is 6.10 Å². The number of benzene rings is 3. The molecule has 1 atom stereocenters. The predicted octanol–water partition coefficient (Wildman–Crippen LogP) is 6.19. The van der Waals surface area contributed by atoms with Gasteiger partial charge in [0.1, 0.15) is 5.60 Å². The normalized spacial score (nSPS) is 12.3. The van der Waals surface area contributed by atoms with Crippen LogP contribution in [-0.4, -0.2) is 6.10 Å². The highest BCUT2D eigenvalue weighted by Gasteiger charge is 2.39. The number of hydrogen-bond acceptors (Lipinski definition) is 1. The Morgan fingerprint density at radius 2 is 1.19 bits per heavy atom. The largest absolute Gasteiger partial charge is 0.357 e. The maximum Gasteiger partial charge on any atom is 0.144 e. The van der Waals surface area contributed by atoms with E-state index in [1.165, 1.54) is 0 Å².